The third kappa shape index (κ3) is 6.27. The van der Waals surface area contributed by atoms with Crippen LogP contribution in [-0.4, -0.2) is 51.1 Å². The lowest BCUT2D eigenvalue weighted by Gasteiger charge is -2.10. The number of hydrogen-bond donors (Lipinski definition) is 0. The first-order chi connectivity index (χ1) is 15.1. The summed E-state index contributed by atoms with van der Waals surface area (Å²) in [7, 11) is 4.69. The van der Waals surface area contributed by atoms with Crippen LogP contribution in [0, 0.1) is 0 Å². The molecular formula is C23H24N4O4. The summed E-state index contributed by atoms with van der Waals surface area (Å²) in [6, 6.07) is 21.0. The van der Waals surface area contributed by atoms with Crippen LogP contribution in [0.5, 0.6) is 11.5 Å². The number of esters is 1. The average molecular weight is 420 g/mol. The molecule has 8 nitrogen and oxygen atoms in total. The Hall–Kier alpha value is -3.94. The van der Waals surface area contributed by atoms with E-state index < -0.39 is 5.97 Å². The van der Waals surface area contributed by atoms with Gasteiger partial charge in [0, 0.05) is 19.7 Å². The van der Waals surface area contributed by atoms with Gasteiger partial charge in [-0.2, -0.15) is 0 Å². The highest BCUT2D eigenvalue weighted by atomic mass is 16.5. The fraction of sp³-hybridized carbons (Fsp3) is 0.217. The largest absolute Gasteiger partial charge is 0.490 e. The number of rotatable bonds is 9. The number of carbonyl (C=O) groups is 1. The Kier molecular flexibility index (Phi) is 7.53. The van der Waals surface area contributed by atoms with Gasteiger partial charge in [-0.25, -0.2) is 4.79 Å². The monoisotopic (exact) mass is 420 g/mol. The molecule has 0 radical (unpaired) electrons. The molecule has 0 aliphatic rings. The Balaban J connectivity index is 1.56. The topological polar surface area (TPSA) is 85.1 Å². The van der Waals surface area contributed by atoms with E-state index in [1.807, 2.05) is 36.4 Å². The van der Waals surface area contributed by atoms with E-state index in [-0.39, 0.29) is 5.71 Å². The molecule has 0 aromatic heterocycles. The van der Waals surface area contributed by atoms with Crippen LogP contribution in [0.2, 0.25) is 0 Å². The third-order valence-electron chi connectivity index (χ3n) is 4.21. The number of nitrogens with zero attached hydrogens (tertiary/aromatic N) is 4. The molecule has 31 heavy (non-hydrogen) atoms. The lowest BCUT2D eigenvalue weighted by molar-refractivity contribution is -0.132. The van der Waals surface area contributed by atoms with Crippen molar-refractivity contribution in [3.05, 3.63) is 72.3 Å². The van der Waals surface area contributed by atoms with Gasteiger partial charge in [-0.3, -0.25) is 5.01 Å². The van der Waals surface area contributed by atoms with Crippen LogP contribution in [0.4, 0.5) is 0 Å². The first-order valence-corrected chi connectivity index (χ1v) is 9.66. The lowest BCUT2D eigenvalue weighted by atomic mass is 10.1. The van der Waals surface area contributed by atoms with Crippen molar-refractivity contribution >= 4 is 22.5 Å². The van der Waals surface area contributed by atoms with Crippen LogP contribution in [0.3, 0.4) is 0 Å². The maximum Gasteiger partial charge on any atom is 0.359 e. The highest BCUT2D eigenvalue weighted by molar-refractivity contribution is 6.43. The van der Waals surface area contributed by atoms with E-state index in [1.165, 1.54) is 17.5 Å². The smallest absolute Gasteiger partial charge is 0.359 e. The van der Waals surface area contributed by atoms with Crippen molar-refractivity contribution < 1.29 is 19.0 Å². The van der Waals surface area contributed by atoms with Crippen molar-refractivity contribution in [3.8, 4) is 11.5 Å². The van der Waals surface area contributed by atoms with Crippen LogP contribution in [-0.2, 0) is 9.53 Å². The summed E-state index contributed by atoms with van der Waals surface area (Å²) in [5.41, 5.74) is 0.601. The van der Waals surface area contributed by atoms with Crippen molar-refractivity contribution in [1.82, 2.24) is 5.01 Å². The van der Waals surface area contributed by atoms with Crippen molar-refractivity contribution in [2.45, 2.75) is 0 Å². The Labute approximate surface area is 180 Å². The summed E-state index contributed by atoms with van der Waals surface area (Å²) < 4.78 is 16.3. The molecule has 160 valence electrons. The molecule has 0 atom stereocenters. The predicted molar refractivity (Wildman–Crippen MR) is 118 cm³/mol. The van der Waals surface area contributed by atoms with Crippen molar-refractivity contribution in [1.29, 1.82) is 0 Å². The highest BCUT2D eigenvalue weighted by Crippen LogP contribution is 2.20. The average Bonchev–Trinajstić information content (AvgIpc) is 2.79. The lowest BCUT2D eigenvalue weighted by Crippen LogP contribution is -2.17. The summed E-state index contributed by atoms with van der Waals surface area (Å²) in [5.74, 6) is 0.837. The Morgan fingerprint density at radius 3 is 2.19 bits per heavy atom. The van der Waals surface area contributed by atoms with E-state index in [0.717, 1.165) is 11.1 Å². The van der Waals surface area contributed by atoms with Gasteiger partial charge in [-0.15, -0.1) is 5.10 Å². The van der Waals surface area contributed by atoms with Gasteiger partial charge < -0.3 is 14.2 Å². The zero-order valence-electron chi connectivity index (χ0n) is 17.7. The fourth-order valence-corrected chi connectivity index (χ4v) is 2.74. The Morgan fingerprint density at radius 2 is 1.52 bits per heavy atom. The molecule has 0 N–H and O–H groups in total. The van der Waals surface area contributed by atoms with Gasteiger partial charge in [0.25, 0.3) is 0 Å². The molecule has 0 amide bonds. The Bertz CT molecular complexity index is 1080. The van der Waals surface area contributed by atoms with E-state index in [9.17, 15) is 4.79 Å². The number of methoxy groups -OCH3 is 1. The van der Waals surface area contributed by atoms with Crippen LogP contribution >= 0.6 is 0 Å². The van der Waals surface area contributed by atoms with Crippen LogP contribution in [0.25, 0.3) is 10.8 Å². The van der Waals surface area contributed by atoms with Gasteiger partial charge >= 0.3 is 5.97 Å². The first kappa shape index (κ1) is 21.8. The molecule has 0 aliphatic heterocycles. The zero-order chi connectivity index (χ0) is 22.1. The second-order valence-corrected chi connectivity index (χ2v) is 6.70. The van der Waals surface area contributed by atoms with Gasteiger partial charge in [-0.05, 0) is 52.4 Å². The van der Waals surface area contributed by atoms with Gasteiger partial charge in [-0.1, -0.05) is 35.6 Å². The number of carbonyl (C=O) groups excluding carboxylic acids is 1. The summed E-state index contributed by atoms with van der Waals surface area (Å²) in [5, 5.41) is 15.0. The van der Waals surface area contributed by atoms with Crippen molar-refractivity contribution in [2.24, 2.45) is 15.5 Å². The quantitative estimate of drug-likeness (QED) is 0.171. The third-order valence-corrected chi connectivity index (χ3v) is 4.21. The minimum atomic E-state index is -0.602. The summed E-state index contributed by atoms with van der Waals surface area (Å²) in [4.78, 5) is 12.0. The first-order valence-electron chi connectivity index (χ1n) is 9.66. The molecular weight excluding hydrogens is 396 g/mol. The minimum Gasteiger partial charge on any atom is -0.490 e. The standard InChI is InChI=1S/C23H24N4O4/c1-27(2)26-25-24-22(23(28)29-3)18-9-11-20(12-10-18)30-14-15-31-21-13-8-17-6-4-5-7-19(17)16-21/h4-13,16H,14-15H2,1-3H3/b24-22-,26-25+. The summed E-state index contributed by atoms with van der Waals surface area (Å²) in [6.07, 6.45) is 0. The van der Waals surface area contributed by atoms with Gasteiger partial charge in [0.05, 0.1) is 7.11 Å². The molecule has 0 bridgehead atoms. The molecule has 8 heteroatoms. The molecule has 0 aliphatic carbocycles. The molecule has 3 rings (SSSR count). The minimum absolute atomic E-state index is 0.0549. The van der Waals surface area contributed by atoms with Gasteiger partial charge in [0.15, 0.2) is 5.71 Å². The van der Waals surface area contributed by atoms with E-state index >= 15 is 0 Å². The molecule has 0 fully saturated rings. The molecule has 3 aromatic carbocycles. The number of fused-ring (bicyclic) bond motifs is 1. The second kappa shape index (κ2) is 10.7. The molecule has 0 heterocycles. The molecule has 3 aromatic rings. The Morgan fingerprint density at radius 1 is 0.871 bits per heavy atom. The predicted octanol–water partition coefficient (Wildman–Crippen LogP) is 4.10. The number of hydrogen-bond acceptors (Lipinski definition) is 6. The van der Waals surface area contributed by atoms with Gasteiger partial charge in [0.1, 0.15) is 24.7 Å². The van der Waals surface area contributed by atoms with E-state index in [4.69, 9.17) is 14.2 Å². The fourth-order valence-electron chi connectivity index (χ4n) is 2.74. The second-order valence-electron chi connectivity index (χ2n) is 6.70. The highest BCUT2D eigenvalue weighted by Gasteiger charge is 2.15. The van der Waals surface area contributed by atoms with Gasteiger partial charge in [0.2, 0.25) is 0 Å². The van der Waals surface area contributed by atoms with Crippen LogP contribution < -0.4 is 9.47 Å². The van der Waals surface area contributed by atoms with E-state index in [2.05, 4.69) is 21.6 Å². The van der Waals surface area contributed by atoms with E-state index in [0.29, 0.717) is 24.5 Å². The maximum atomic E-state index is 12.0. The molecule has 0 saturated heterocycles. The van der Waals surface area contributed by atoms with E-state index in [1.54, 1.807) is 38.4 Å². The maximum absolute atomic E-state index is 12.0. The summed E-state index contributed by atoms with van der Waals surface area (Å²) >= 11 is 0. The normalized spacial score (nSPS) is 11.5. The molecule has 0 unspecified atom stereocenters. The zero-order valence-corrected chi connectivity index (χ0v) is 17.7. The van der Waals surface area contributed by atoms with Crippen LogP contribution in [0.1, 0.15) is 5.56 Å². The van der Waals surface area contributed by atoms with Crippen molar-refractivity contribution in [2.75, 3.05) is 34.4 Å². The molecule has 0 spiro atoms. The SMILES string of the molecule is COC(=O)/C(=N\N=N\N(C)C)c1ccc(OCCOc2ccc3ccccc3c2)cc1. The number of benzene rings is 3. The molecule has 0 saturated carbocycles. The number of ether oxygens (including phenoxy) is 3. The van der Waals surface area contributed by atoms with Crippen LogP contribution in [0.15, 0.2) is 82.3 Å². The summed E-state index contributed by atoms with van der Waals surface area (Å²) in [6.45, 7) is 0.779. The van der Waals surface area contributed by atoms with Crippen molar-refractivity contribution in [3.63, 3.8) is 0 Å².